The zero-order chi connectivity index (χ0) is 11.4. The maximum Gasteiger partial charge on any atom is 0.152 e. The lowest BCUT2D eigenvalue weighted by molar-refractivity contribution is 0.112. The number of hydrogen-bond donors (Lipinski definition) is 0. The van der Waals surface area contributed by atoms with Crippen LogP contribution < -0.4 is 0 Å². The molecule has 0 N–H and O–H groups in total. The van der Waals surface area contributed by atoms with Crippen molar-refractivity contribution in [1.82, 2.24) is 4.98 Å². The summed E-state index contributed by atoms with van der Waals surface area (Å²) < 4.78 is 0. The number of carbonyl (C=O) groups excluding carboxylic acids is 1. The van der Waals surface area contributed by atoms with Gasteiger partial charge in [-0.15, -0.1) is 0 Å². The summed E-state index contributed by atoms with van der Waals surface area (Å²) in [5.41, 5.74) is 1.84. The number of aryl methyl sites for hydroxylation is 1. The van der Waals surface area contributed by atoms with Crippen molar-refractivity contribution in [3.63, 3.8) is 0 Å². The number of carbonyl (C=O) groups is 1. The van der Waals surface area contributed by atoms with Crippen LogP contribution in [0.15, 0.2) is 52.5 Å². The molecule has 0 saturated carbocycles. The summed E-state index contributed by atoms with van der Waals surface area (Å²) in [6, 6.07) is 11.7. The Labute approximate surface area is 98.7 Å². The van der Waals surface area contributed by atoms with Crippen LogP contribution in [0, 0.1) is 6.92 Å². The fraction of sp³-hybridized carbons (Fsp3) is 0.0769. The molecule has 2 nitrogen and oxygen atoms in total. The zero-order valence-electron chi connectivity index (χ0n) is 8.88. The quantitative estimate of drug-likeness (QED) is 0.756. The molecular formula is C13H11NOS. The maximum atomic E-state index is 10.8. The van der Waals surface area contributed by atoms with Crippen LogP contribution in [0.2, 0.25) is 0 Å². The lowest BCUT2D eigenvalue weighted by Gasteiger charge is -2.03. The van der Waals surface area contributed by atoms with Crippen molar-refractivity contribution in [3.8, 4) is 0 Å². The summed E-state index contributed by atoms with van der Waals surface area (Å²) in [4.78, 5) is 16.1. The third-order valence-corrected chi connectivity index (χ3v) is 3.16. The van der Waals surface area contributed by atoms with Crippen molar-refractivity contribution >= 4 is 18.0 Å². The summed E-state index contributed by atoms with van der Waals surface area (Å²) in [6.45, 7) is 2.04. The molecule has 0 aliphatic carbocycles. The molecular weight excluding hydrogens is 218 g/mol. The van der Waals surface area contributed by atoms with E-state index >= 15 is 0 Å². The monoisotopic (exact) mass is 229 g/mol. The number of rotatable bonds is 3. The molecule has 80 valence electrons. The van der Waals surface area contributed by atoms with Crippen molar-refractivity contribution in [2.45, 2.75) is 16.8 Å². The summed E-state index contributed by atoms with van der Waals surface area (Å²) >= 11 is 1.51. The van der Waals surface area contributed by atoms with Crippen molar-refractivity contribution < 1.29 is 4.79 Å². The summed E-state index contributed by atoms with van der Waals surface area (Å²) in [5, 5.41) is 0.753. The first-order valence-electron chi connectivity index (χ1n) is 4.94. The van der Waals surface area contributed by atoms with Gasteiger partial charge >= 0.3 is 0 Å². The second-order valence-corrected chi connectivity index (χ2v) is 4.50. The molecule has 3 heteroatoms. The second kappa shape index (κ2) is 4.94. The standard InChI is InChI=1S/C13H11NOS/c1-10-4-2-6-12(8-10)16-13-11(9-15)5-3-7-14-13/h2-9H,1H3. The Morgan fingerprint density at radius 1 is 1.25 bits per heavy atom. The highest BCUT2D eigenvalue weighted by molar-refractivity contribution is 7.99. The Morgan fingerprint density at radius 3 is 2.88 bits per heavy atom. The first-order chi connectivity index (χ1) is 7.79. The molecule has 0 unspecified atom stereocenters. The number of benzene rings is 1. The molecule has 0 spiro atoms. The Kier molecular flexibility index (Phi) is 3.37. The third-order valence-electron chi connectivity index (χ3n) is 2.13. The van der Waals surface area contributed by atoms with Crippen molar-refractivity contribution in [2.24, 2.45) is 0 Å². The van der Waals surface area contributed by atoms with E-state index < -0.39 is 0 Å². The van der Waals surface area contributed by atoms with Crippen LogP contribution >= 0.6 is 11.8 Å². The average Bonchev–Trinajstić information content (AvgIpc) is 2.30. The van der Waals surface area contributed by atoms with E-state index in [0.29, 0.717) is 5.56 Å². The number of aromatic nitrogens is 1. The second-order valence-electron chi connectivity index (χ2n) is 3.43. The van der Waals surface area contributed by atoms with Gasteiger partial charge in [-0.1, -0.05) is 29.5 Å². The van der Waals surface area contributed by atoms with E-state index in [9.17, 15) is 4.79 Å². The normalized spacial score (nSPS) is 10.1. The molecule has 0 aliphatic rings. The van der Waals surface area contributed by atoms with Crippen LogP contribution in [0.25, 0.3) is 0 Å². The highest BCUT2D eigenvalue weighted by atomic mass is 32.2. The van der Waals surface area contributed by atoms with E-state index in [2.05, 4.69) is 11.1 Å². The van der Waals surface area contributed by atoms with E-state index in [1.807, 2.05) is 25.1 Å². The maximum absolute atomic E-state index is 10.8. The van der Waals surface area contributed by atoms with Crippen molar-refractivity contribution in [1.29, 1.82) is 0 Å². The van der Waals surface area contributed by atoms with Crippen LogP contribution in [-0.4, -0.2) is 11.3 Å². The molecule has 2 rings (SSSR count). The molecule has 1 heterocycles. The lowest BCUT2D eigenvalue weighted by atomic mass is 10.2. The van der Waals surface area contributed by atoms with Crippen LogP contribution in [0.1, 0.15) is 15.9 Å². The number of pyridine rings is 1. The van der Waals surface area contributed by atoms with Crippen LogP contribution in [0.4, 0.5) is 0 Å². The molecule has 0 saturated heterocycles. The Balaban J connectivity index is 2.30. The Morgan fingerprint density at radius 2 is 2.12 bits per heavy atom. The van der Waals surface area contributed by atoms with Gasteiger partial charge in [0.15, 0.2) is 6.29 Å². The van der Waals surface area contributed by atoms with Crippen LogP contribution in [-0.2, 0) is 0 Å². The van der Waals surface area contributed by atoms with Gasteiger partial charge in [-0.05, 0) is 31.2 Å². The highest BCUT2D eigenvalue weighted by Gasteiger charge is 2.04. The molecule has 0 radical (unpaired) electrons. The van der Waals surface area contributed by atoms with Crippen LogP contribution in [0.3, 0.4) is 0 Å². The fourth-order valence-electron chi connectivity index (χ4n) is 1.37. The molecule has 1 aromatic heterocycles. The molecule has 0 amide bonds. The van der Waals surface area contributed by atoms with Gasteiger partial charge in [0.05, 0.1) is 0 Å². The number of nitrogens with zero attached hydrogens (tertiary/aromatic N) is 1. The van der Waals surface area contributed by atoms with E-state index in [1.54, 1.807) is 18.3 Å². The molecule has 1 aromatic carbocycles. The van der Waals surface area contributed by atoms with E-state index in [1.165, 1.54) is 17.3 Å². The lowest BCUT2D eigenvalue weighted by Crippen LogP contribution is -1.88. The third kappa shape index (κ3) is 2.49. The van der Waals surface area contributed by atoms with Gasteiger partial charge in [-0.25, -0.2) is 4.98 Å². The molecule has 2 aromatic rings. The Hall–Kier alpha value is -1.61. The van der Waals surface area contributed by atoms with Gasteiger partial charge in [-0.3, -0.25) is 4.79 Å². The zero-order valence-corrected chi connectivity index (χ0v) is 9.70. The van der Waals surface area contributed by atoms with Gasteiger partial charge in [-0.2, -0.15) is 0 Å². The van der Waals surface area contributed by atoms with Gasteiger partial charge in [0.25, 0.3) is 0 Å². The topological polar surface area (TPSA) is 30.0 Å². The predicted octanol–water partition coefficient (Wildman–Crippen LogP) is 3.35. The van der Waals surface area contributed by atoms with Crippen molar-refractivity contribution in [2.75, 3.05) is 0 Å². The number of aldehydes is 1. The van der Waals surface area contributed by atoms with E-state index in [4.69, 9.17) is 0 Å². The van der Waals surface area contributed by atoms with Crippen molar-refractivity contribution in [3.05, 3.63) is 53.7 Å². The van der Waals surface area contributed by atoms with Gasteiger partial charge in [0, 0.05) is 16.7 Å². The highest BCUT2D eigenvalue weighted by Crippen LogP contribution is 2.28. The molecule has 0 atom stereocenters. The van der Waals surface area contributed by atoms with Gasteiger partial charge in [0.2, 0.25) is 0 Å². The summed E-state index contributed by atoms with van der Waals surface area (Å²) in [7, 11) is 0. The minimum Gasteiger partial charge on any atom is -0.298 e. The summed E-state index contributed by atoms with van der Waals surface area (Å²) in [6.07, 6.45) is 2.54. The predicted molar refractivity (Wildman–Crippen MR) is 64.9 cm³/mol. The smallest absolute Gasteiger partial charge is 0.152 e. The molecule has 0 bridgehead atoms. The largest absolute Gasteiger partial charge is 0.298 e. The minimum atomic E-state index is 0.633. The SMILES string of the molecule is Cc1cccc(Sc2ncccc2C=O)c1. The van der Waals surface area contributed by atoms with Gasteiger partial charge in [0.1, 0.15) is 5.03 Å². The first kappa shape index (κ1) is 10.9. The van der Waals surface area contributed by atoms with Gasteiger partial charge < -0.3 is 0 Å². The molecule has 0 aliphatic heterocycles. The van der Waals surface area contributed by atoms with E-state index in [0.717, 1.165) is 16.2 Å². The average molecular weight is 229 g/mol. The van der Waals surface area contributed by atoms with Crippen LogP contribution in [0.5, 0.6) is 0 Å². The van der Waals surface area contributed by atoms with E-state index in [-0.39, 0.29) is 0 Å². The minimum absolute atomic E-state index is 0.633. The molecule has 0 fully saturated rings. The summed E-state index contributed by atoms with van der Waals surface area (Å²) in [5.74, 6) is 0. The molecule has 16 heavy (non-hydrogen) atoms. The fourth-order valence-corrected chi connectivity index (χ4v) is 2.33. The Bertz CT molecular complexity index is 511. The number of hydrogen-bond acceptors (Lipinski definition) is 3. The first-order valence-corrected chi connectivity index (χ1v) is 5.76.